The summed E-state index contributed by atoms with van der Waals surface area (Å²) < 4.78 is 17.5. The van der Waals surface area contributed by atoms with Crippen LogP contribution in [-0.4, -0.2) is 44.4 Å². The fourth-order valence-electron chi connectivity index (χ4n) is 1.42. The zero-order chi connectivity index (χ0) is 10.1. The van der Waals surface area contributed by atoms with Gasteiger partial charge >= 0.3 is 0 Å². The number of ether oxygens (including phenoxy) is 1. The topological polar surface area (TPSA) is 12.5 Å². The van der Waals surface area contributed by atoms with Gasteiger partial charge < -0.3 is 9.64 Å². The van der Waals surface area contributed by atoms with Crippen molar-refractivity contribution in [2.45, 2.75) is 32.9 Å². The molecular formula is C10H22FNO. The van der Waals surface area contributed by atoms with Crippen molar-refractivity contribution < 1.29 is 9.13 Å². The average Bonchev–Trinajstić information content (AvgIpc) is 2.56. The predicted molar refractivity (Wildman–Crippen MR) is 53.8 cm³/mol. The van der Waals surface area contributed by atoms with Crippen molar-refractivity contribution in [3.8, 4) is 0 Å². The summed E-state index contributed by atoms with van der Waals surface area (Å²) >= 11 is 0. The van der Waals surface area contributed by atoms with Gasteiger partial charge in [-0.25, -0.2) is 4.39 Å². The Morgan fingerprint density at radius 3 is 2.62 bits per heavy atom. The van der Waals surface area contributed by atoms with Gasteiger partial charge in [-0.2, -0.15) is 0 Å². The van der Waals surface area contributed by atoms with Gasteiger partial charge in [0.2, 0.25) is 0 Å². The lowest BCUT2D eigenvalue weighted by Crippen LogP contribution is -2.23. The van der Waals surface area contributed by atoms with Gasteiger partial charge in [0.1, 0.15) is 6.17 Å². The highest BCUT2D eigenvalue weighted by Gasteiger charge is 2.20. The average molecular weight is 191 g/mol. The van der Waals surface area contributed by atoms with Gasteiger partial charge in [0, 0.05) is 33.4 Å². The van der Waals surface area contributed by atoms with Gasteiger partial charge in [-0.05, 0) is 12.8 Å². The number of rotatable bonds is 4. The van der Waals surface area contributed by atoms with Crippen LogP contribution in [0.3, 0.4) is 0 Å². The SMILES string of the molecule is CC.COCCCN1CC[C@@H](F)C1. The van der Waals surface area contributed by atoms with Crippen LogP contribution in [0, 0.1) is 0 Å². The molecule has 1 saturated heterocycles. The highest BCUT2D eigenvalue weighted by atomic mass is 19.1. The lowest BCUT2D eigenvalue weighted by Gasteiger charge is -2.13. The zero-order valence-corrected chi connectivity index (χ0v) is 9.05. The Kier molecular flexibility index (Phi) is 8.35. The molecule has 13 heavy (non-hydrogen) atoms. The van der Waals surface area contributed by atoms with Crippen molar-refractivity contribution in [2.75, 3.05) is 33.4 Å². The molecule has 0 aromatic heterocycles. The van der Waals surface area contributed by atoms with Crippen molar-refractivity contribution in [1.82, 2.24) is 4.90 Å². The third-order valence-corrected chi connectivity index (χ3v) is 2.04. The van der Waals surface area contributed by atoms with Gasteiger partial charge in [0.15, 0.2) is 0 Å². The normalized spacial score (nSPS) is 22.6. The van der Waals surface area contributed by atoms with Crippen LogP contribution in [-0.2, 0) is 4.74 Å². The van der Waals surface area contributed by atoms with Gasteiger partial charge in [-0.3, -0.25) is 0 Å². The van der Waals surface area contributed by atoms with E-state index in [9.17, 15) is 4.39 Å². The minimum Gasteiger partial charge on any atom is -0.385 e. The Hall–Kier alpha value is -0.150. The van der Waals surface area contributed by atoms with Crippen molar-refractivity contribution in [3.63, 3.8) is 0 Å². The number of alkyl halides is 1. The molecule has 2 nitrogen and oxygen atoms in total. The molecule has 1 aliphatic rings. The molecule has 1 atom stereocenters. The van der Waals surface area contributed by atoms with E-state index in [-0.39, 0.29) is 0 Å². The van der Waals surface area contributed by atoms with E-state index in [0.29, 0.717) is 13.0 Å². The molecule has 0 unspecified atom stereocenters. The minimum atomic E-state index is -0.586. The fraction of sp³-hybridized carbons (Fsp3) is 1.00. The van der Waals surface area contributed by atoms with Crippen molar-refractivity contribution >= 4 is 0 Å². The summed E-state index contributed by atoms with van der Waals surface area (Å²) in [5.41, 5.74) is 0. The van der Waals surface area contributed by atoms with Crippen LogP contribution < -0.4 is 0 Å². The maximum Gasteiger partial charge on any atom is 0.114 e. The second kappa shape index (κ2) is 8.45. The molecule has 0 amide bonds. The highest BCUT2D eigenvalue weighted by molar-refractivity contribution is 4.74. The molecule has 0 N–H and O–H groups in total. The highest BCUT2D eigenvalue weighted by Crippen LogP contribution is 2.11. The first-order valence-corrected chi connectivity index (χ1v) is 5.18. The maximum absolute atomic E-state index is 12.6. The first-order valence-electron chi connectivity index (χ1n) is 5.18. The van der Waals surface area contributed by atoms with E-state index in [2.05, 4.69) is 4.90 Å². The Balaban J connectivity index is 0.000000671. The van der Waals surface area contributed by atoms with E-state index in [1.54, 1.807) is 7.11 Å². The lowest BCUT2D eigenvalue weighted by atomic mass is 10.3. The molecule has 0 saturated carbocycles. The van der Waals surface area contributed by atoms with Gasteiger partial charge in [-0.1, -0.05) is 13.8 Å². The number of hydrogen-bond acceptors (Lipinski definition) is 2. The third-order valence-electron chi connectivity index (χ3n) is 2.04. The van der Waals surface area contributed by atoms with Crippen LogP contribution in [0.25, 0.3) is 0 Å². The Morgan fingerprint density at radius 1 is 1.46 bits per heavy atom. The molecule has 0 aromatic carbocycles. The molecular weight excluding hydrogens is 169 g/mol. The molecule has 80 valence electrons. The quantitative estimate of drug-likeness (QED) is 0.631. The van der Waals surface area contributed by atoms with Crippen LogP contribution in [0.15, 0.2) is 0 Å². The summed E-state index contributed by atoms with van der Waals surface area (Å²) in [7, 11) is 1.70. The molecule has 0 spiro atoms. The van der Waals surface area contributed by atoms with E-state index in [0.717, 1.165) is 26.1 Å². The van der Waals surface area contributed by atoms with E-state index in [1.807, 2.05) is 13.8 Å². The molecule has 0 radical (unpaired) electrons. The van der Waals surface area contributed by atoms with Gasteiger partial charge in [0.25, 0.3) is 0 Å². The molecule has 1 fully saturated rings. The number of hydrogen-bond donors (Lipinski definition) is 0. The van der Waals surface area contributed by atoms with Crippen LogP contribution in [0.1, 0.15) is 26.7 Å². The standard InChI is InChI=1S/C8H16FNO.C2H6/c1-11-6-2-4-10-5-3-8(9)7-10;1-2/h8H,2-7H2,1H3;1-2H3/t8-;/m1./s1. The summed E-state index contributed by atoms with van der Waals surface area (Å²) in [6.07, 6.45) is 1.15. The first kappa shape index (κ1) is 12.8. The van der Waals surface area contributed by atoms with Crippen molar-refractivity contribution in [2.24, 2.45) is 0 Å². The monoisotopic (exact) mass is 191 g/mol. The molecule has 1 aliphatic heterocycles. The zero-order valence-electron chi connectivity index (χ0n) is 9.05. The third kappa shape index (κ3) is 5.99. The first-order chi connectivity index (χ1) is 6.33. The summed E-state index contributed by atoms with van der Waals surface area (Å²) in [6, 6.07) is 0. The van der Waals surface area contributed by atoms with E-state index in [4.69, 9.17) is 4.74 Å². The van der Waals surface area contributed by atoms with Crippen LogP contribution >= 0.6 is 0 Å². The summed E-state index contributed by atoms with van der Waals surface area (Å²) in [5, 5.41) is 0. The smallest absolute Gasteiger partial charge is 0.114 e. The molecule has 1 rings (SSSR count). The van der Waals surface area contributed by atoms with Gasteiger partial charge in [-0.15, -0.1) is 0 Å². The fourth-order valence-corrected chi connectivity index (χ4v) is 1.42. The summed E-state index contributed by atoms with van der Waals surface area (Å²) in [4.78, 5) is 2.16. The maximum atomic E-state index is 12.6. The Bertz CT molecular complexity index is 111. The molecule has 0 bridgehead atoms. The Morgan fingerprint density at radius 2 is 2.15 bits per heavy atom. The minimum absolute atomic E-state index is 0.586. The number of nitrogens with zero attached hydrogens (tertiary/aromatic N) is 1. The summed E-state index contributed by atoms with van der Waals surface area (Å²) in [5.74, 6) is 0. The van der Waals surface area contributed by atoms with E-state index < -0.39 is 6.17 Å². The Labute approximate surface area is 81.1 Å². The largest absolute Gasteiger partial charge is 0.385 e. The van der Waals surface area contributed by atoms with Gasteiger partial charge in [0.05, 0.1) is 0 Å². The second-order valence-electron chi connectivity index (χ2n) is 3.03. The molecule has 0 aliphatic carbocycles. The summed E-state index contributed by atoms with van der Waals surface area (Å²) in [6.45, 7) is 7.32. The number of methoxy groups -OCH3 is 1. The lowest BCUT2D eigenvalue weighted by molar-refractivity contribution is 0.177. The van der Waals surface area contributed by atoms with Crippen LogP contribution in [0.4, 0.5) is 4.39 Å². The van der Waals surface area contributed by atoms with E-state index >= 15 is 0 Å². The predicted octanol–water partition coefficient (Wildman–Crippen LogP) is 2.09. The molecule has 0 aromatic rings. The molecule has 3 heteroatoms. The van der Waals surface area contributed by atoms with Crippen LogP contribution in [0.2, 0.25) is 0 Å². The van der Waals surface area contributed by atoms with Crippen molar-refractivity contribution in [1.29, 1.82) is 0 Å². The van der Waals surface area contributed by atoms with Crippen molar-refractivity contribution in [3.05, 3.63) is 0 Å². The number of likely N-dealkylation sites (tertiary alicyclic amines) is 1. The van der Waals surface area contributed by atoms with Crippen LogP contribution in [0.5, 0.6) is 0 Å². The molecule has 1 heterocycles. The van der Waals surface area contributed by atoms with E-state index in [1.165, 1.54) is 0 Å². The second-order valence-corrected chi connectivity index (χ2v) is 3.03. The number of halogens is 1.